The molecule has 2 aliphatic rings. The first kappa shape index (κ1) is 14.0. The summed E-state index contributed by atoms with van der Waals surface area (Å²) in [6.07, 6.45) is 8.91. The van der Waals surface area contributed by atoms with Crippen molar-refractivity contribution in [1.82, 2.24) is 10.1 Å². The summed E-state index contributed by atoms with van der Waals surface area (Å²) in [5.74, 6) is 1.76. The first-order chi connectivity index (χ1) is 9.73. The normalized spacial score (nSPS) is 30.3. The maximum atomic E-state index is 9.58. The van der Waals surface area contributed by atoms with Gasteiger partial charge in [0, 0.05) is 13.0 Å². The average molecular weight is 280 g/mol. The quantitative estimate of drug-likeness (QED) is 0.922. The average Bonchev–Trinajstić information content (AvgIpc) is 2.99. The topological polar surface area (TPSA) is 68.4 Å². The van der Waals surface area contributed by atoms with Gasteiger partial charge >= 0.3 is 0 Å². The molecule has 0 aliphatic heterocycles. The molecule has 0 bridgehead atoms. The fourth-order valence-electron chi connectivity index (χ4n) is 3.55. The molecule has 0 amide bonds. The highest BCUT2D eigenvalue weighted by molar-refractivity contribution is 5.05. The van der Waals surface area contributed by atoms with Crippen LogP contribution in [0.4, 0.5) is 0 Å². The second-order valence-electron chi connectivity index (χ2n) is 6.22. The van der Waals surface area contributed by atoms with Gasteiger partial charge in [0.05, 0.1) is 6.10 Å². The Balaban J connectivity index is 1.75. The van der Waals surface area contributed by atoms with Gasteiger partial charge in [0.1, 0.15) is 5.60 Å². The first-order valence-electron chi connectivity index (χ1n) is 7.81. The molecule has 20 heavy (non-hydrogen) atoms. The molecule has 2 fully saturated rings. The third-order valence-electron chi connectivity index (χ3n) is 4.95. The molecule has 0 saturated heterocycles. The summed E-state index contributed by atoms with van der Waals surface area (Å²) < 4.78 is 11.3. The predicted octanol–water partition coefficient (Wildman–Crippen LogP) is 2.89. The molecule has 3 rings (SSSR count). The Morgan fingerprint density at radius 2 is 1.85 bits per heavy atom. The second-order valence-corrected chi connectivity index (χ2v) is 6.22. The number of hydrogen-bond acceptors (Lipinski definition) is 5. The van der Waals surface area contributed by atoms with Crippen LogP contribution in [0.15, 0.2) is 4.52 Å². The van der Waals surface area contributed by atoms with E-state index in [1.807, 2.05) is 0 Å². The van der Waals surface area contributed by atoms with E-state index >= 15 is 0 Å². The van der Waals surface area contributed by atoms with E-state index in [1.165, 1.54) is 6.42 Å². The van der Waals surface area contributed by atoms with Gasteiger partial charge in [-0.15, -0.1) is 0 Å². The van der Waals surface area contributed by atoms with Crippen LogP contribution in [0.5, 0.6) is 0 Å². The van der Waals surface area contributed by atoms with Crippen molar-refractivity contribution < 1.29 is 14.4 Å². The number of rotatable bonds is 3. The molecule has 0 atom stereocenters. The van der Waals surface area contributed by atoms with E-state index in [2.05, 4.69) is 10.1 Å². The van der Waals surface area contributed by atoms with Crippen LogP contribution in [0.3, 0.4) is 0 Å². The van der Waals surface area contributed by atoms with Gasteiger partial charge in [-0.1, -0.05) is 24.4 Å². The van der Waals surface area contributed by atoms with Crippen molar-refractivity contribution in [3.05, 3.63) is 11.7 Å². The van der Waals surface area contributed by atoms with Crippen LogP contribution in [0.1, 0.15) is 75.4 Å². The third-order valence-corrected chi connectivity index (χ3v) is 4.95. The van der Waals surface area contributed by atoms with Crippen LogP contribution >= 0.6 is 0 Å². The van der Waals surface area contributed by atoms with E-state index in [1.54, 1.807) is 7.11 Å². The van der Waals surface area contributed by atoms with E-state index in [-0.39, 0.29) is 11.7 Å². The van der Waals surface area contributed by atoms with Gasteiger partial charge in [0.25, 0.3) is 0 Å². The molecule has 5 nitrogen and oxygen atoms in total. The lowest BCUT2D eigenvalue weighted by molar-refractivity contribution is -0.0527. The molecule has 5 heteroatoms. The van der Waals surface area contributed by atoms with E-state index in [4.69, 9.17) is 9.26 Å². The van der Waals surface area contributed by atoms with Gasteiger partial charge in [-0.2, -0.15) is 4.98 Å². The van der Waals surface area contributed by atoms with E-state index in [0.717, 1.165) is 63.1 Å². The van der Waals surface area contributed by atoms with Crippen molar-refractivity contribution in [3.63, 3.8) is 0 Å². The van der Waals surface area contributed by atoms with E-state index in [0.29, 0.717) is 5.92 Å². The number of ether oxygens (including phenoxy) is 1. The summed E-state index contributed by atoms with van der Waals surface area (Å²) in [4.78, 5) is 4.64. The van der Waals surface area contributed by atoms with E-state index in [9.17, 15) is 5.11 Å². The summed E-state index contributed by atoms with van der Waals surface area (Å²) in [6, 6.07) is 0. The Labute approximate surface area is 119 Å². The van der Waals surface area contributed by atoms with Gasteiger partial charge in [-0.3, -0.25) is 0 Å². The summed E-state index contributed by atoms with van der Waals surface area (Å²) in [5.41, 5.74) is -0.339. The molecule has 0 unspecified atom stereocenters. The lowest BCUT2D eigenvalue weighted by Gasteiger charge is -2.32. The highest BCUT2D eigenvalue weighted by Gasteiger charge is 2.39. The molecule has 0 aromatic carbocycles. The fourth-order valence-corrected chi connectivity index (χ4v) is 3.55. The molecular weight excluding hydrogens is 256 g/mol. The number of nitrogens with zero attached hydrogens (tertiary/aromatic N) is 2. The number of methoxy groups -OCH3 is 1. The molecule has 1 aromatic rings. The molecule has 0 spiro atoms. The molecule has 0 radical (unpaired) electrons. The minimum Gasteiger partial charge on any atom is -0.393 e. The van der Waals surface area contributed by atoms with Gasteiger partial charge in [0.15, 0.2) is 0 Å². The summed E-state index contributed by atoms with van der Waals surface area (Å²) >= 11 is 0. The van der Waals surface area contributed by atoms with Crippen molar-refractivity contribution >= 4 is 0 Å². The van der Waals surface area contributed by atoms with Gasteiger partial charge < -0.3 is 14.4 Å². The molecule has 1 heterocycles. The van der Waals surface area contributed by atoms with Crippen LogP contribution in [-0.2, 0) is 10.3 Å². The van der Waals surface area contributed by atoms with E-state index < -0.39 is 0 Å². The standard InChI is InChI=1S/C15H24N2O3/c1-19-15(9-3-2-4-10-15)14-16-13(20-17-14)11-5-7-12(18)8-6-11/h11-12,18H,2-10H2,1H3. The maximum absolute atomic E-state index is 9.58. The van der Waals surface area contributed by atoms with Crippen molar-refractivity contribution in [1.29, 1.82) is 0 Å². The largest absolute Gasteiger partial charge is 0.393 e. The molecule has 2 aliphatic carbocycles. The minimum atomic E-state index is -0.339. The Kier molecular flexibility index (Phi) is 4.08. The van der Waals surface area contributed by atoms with Gasteiger partial charge in [-0.25, -0.2) is 0 Å². The lowest BCUT2D eigenvalue weighted by atomic mass is 9.84. The van der Waals surface area contributed by atoms with Gasteiger partial charge in [0.2, 0.25) is 11.7 Å². The lowest BCUT2D eigenvalue weighted by Crippen LogP contribution is -2.32. The Bertz CT molecular complexity index is 432. The van der Waals surface area contributed by atoms with Crippen molar-refractivity contribution in [2.24, 2.45) is 0 Å². The zero-order valence-electron chi connectivity index (χ0n) is 12.2. The van der Waals surface area contributed by atoms with Crippen LogP contribution in [0.25, 0.3) is 0 Å². The Morgan fingerprint density at radius 3 is 2.50 bits per heavy atom. The highest BCUT2D eigenvalue weighted by Crippen LogP contribution is 2.40. The Morgan fingerprint density at radius 1 is 1.15 bits per heavy atom. The maximum Gasteiger partial charge on any atom is 0.229 e. The van der Waals surface area contributed by atoms with Crippen LogP contribution in [0.2, 0.25) is 0 Å². The first-order valence-corrected chi connectivity index (χ1v) is 7.81. The smallest absolute Gasteiger partial charge is 0.229 e. The SMILES string of the molecule is COC1(c2noc(C3CCC(O)CC3)n2)CCCCC1. The highest BCUT2D eigenvalue weighted by atomic mass is 16.5. The second kappa shape index (κ2) is 5.82. The zero-order valence-corrected chi connectivity index (χ0v) is 12.2. The van der Waals surface area contributed by atoms with Gasteiger partial charge in [-0.05, 0) is 38.5 Å². The summed E-state index contributed by atoms with van der Waals surface area (Å²) in [7, 11) is 1.75. The van der Waals surface area contributed by atoms with Crippen LogP contribution in [-0.4, -0.2) is 28.5 Å². The molecule has 1 aromatic heterocycles. The van der Waals surface area contributed by atoms with Crippen molar-refractivity contribution in [3.8, 4) is 0 Å². The molecule has 2 saturated carbocycles. The Hall–Kier alpha value is -0.940. The van der Waals surface area contributed by atoms with Crippen molar-refractivity contribution in [2.45, 2.75) is 75.4 Å². The summed E-state index contributed by atoms with van der Waals surface area (Å²) in [5, 5.41) is 13.8. The zero-order chi connectivity index (χ0) is 14.0. The summed E-state index contributed by atoms with van der Waals surface area (Å²) in [6.45, 7) is 0. The molecule has 1 N–H and O–H groups in total. The molecule has 112 valence electrons. The molecular formula is C15H24N2O3. The predicted molar refractivity (Wildman–Crippen MR) is 73.3 cm³/mol. The fraction of sp³-hybridized carbons (Fsp3) is 0.867. The number of aliphatic hydroxyl groups is 1. The van der Waals surface area contributed by atoms with Crippen LogP contribution in [0, 0.1) is 0 Å². The minimum absolute atomic E-state index is 0.155. The number of aromatic nitrogens is 2. The van der Waals surface area contributed by atoms with Crippen molar-refractivity contribution in [2.75, 3.05) is 7.11 Å². The van der Waals surface area contributed by atoms with Crippen LogP contribution < -0.4 is 0 Å². The monoisotopic (exact) mass is 280 g/mol. The number of hydrogen-bond donors (Lipinski definition) is 1. The number of aliphatic hydroxyl groups excluding tert-OH is 1. The third kappa shape index (κ3) is 2.61.